The van der Waals surface area contributed by atoms with Crippen LogP contribution in [0.1, 0.15) is 5.56 Å². The molecule has 32 heavy (non-hydrogen) atoms. The van der Waals surface area contributed by atoms with Gasteiger partial charge in [0.05, 0.1) is 17.6 Å². The number of fused-ring (bicyclic) bond motifs is 3. The van der Waals surface area contributed by atoms with E-state index in [1.807, 2.05) is 36.5 Å². The van der Waals surface area contributed by atoms with Crippen LogP contribution in [0, 0.1) is 0 Å². The Kier molecular flexibility index (Phi) is 4.43. The van der Waals surface area contributed by atoms with Crippen LogP contribution in [-0.4, -0.2) is 38.1 Å². The third kappa shape index (κ3) is 3.31. The average Bonchev–Trinajstić information content (AvgIpc) is 3.04. The first-order valence-electron chi connectivity index (χ1n) is 10.2. The lowest BCUT2D eigenvalue weighted by Gasteiger charge is -2.22. The van der Waals surface area contributed by atoms with Crippen LogP contribution in [0.4, 0.5) is 11.8 Å². The molecule has 1 aliphatic heterocycles. The zero-order valence-corrected chi connectivity index (χ0v) is 18.5. The maximum absolute atomic E-state index is 6.06. The van der Waals surface area contributed by atoms with E-state index in [9.17, 15) is 0 Å². The Balaban J connectivity index is 1.40. The summed E-state index contributed by atoms with van der Waals surface area (Å²) in [5, 5.41) is 1.01. The van der Waals surface area contributed by atoms with Crippen molar-refractivity contribution >= 4 is 49.8 Å². The number of aromatic nitrogens is 5. The van der Waals surface area contributed by atoms with Crippen molar-refractivity contribution in [3.8, 4) is 16.9 Å². The number of imidazole rings is 1. The van der Waals surface area contributed by atoms with Crippen molar-refractivity contribution in [1.29, 1.82) is 0 Å². The van der Waals surface area contributed by atoms with E-state index >= 15 is 0 Å². The van der Waals surface area contributed by atoms with Crippen LogP contribution < -0.4 is 15.4 Å². The highest BCUT2D eigenvalue weighted by molar-refractivity contribution is 9.10. The van der Waals surface area contributed by atoms with Gasteiger partial charge in [-0.3, -0.25) is 0 Å². The minimum atomic E-state index is 0.360. The summed E-state index contributed by atoms with van der Waals surface area (Å²) < 4.78 is 7.06. The highest BCUT2D eigenvalue weighted by Crippen LogP contribution is 2.33. The molecule has 0 unspecified atom stereocenters. The van der Waals surface area contributed by atoms with Gasteiger partial charge in [-0.2, -0.15) is 4.98 Å². The number of aromatic amines is 1. The normalized spacial score (nSPS) is 13.7. The number of benzene rings is 2. The van der Waals surface area contributed by atoms with Gasteiger partial charge in [0.1, 0.15) is 24.5 Å². The Hall–Kier alpha value is -3.72. The molecule has 0 saturated carbocycles. The van der Waals surface area contributed by atoms with Crippen LogP contribution in [-0.2, 0) is 6.54 Å². The average molecular weight is 488 g/mol. The highest BCUT2D eigenvalue weighted by Gasteiger charge is 2.20. The molecular formula is C23H18BrN7O. The maximum Gasteiger partial charge on any atom is 0.200 e. The molecule has 3 N–H and O–H groups in total. The third-order valence-corrected chi connectivity index (χ3v) is 6.10. The van der Waals surface area contributed by atoms with Gasteiger partial charge >= 0.3 is 0 Å². The van der Waals surface area contributed by atoms with Crippen LogP contribution in [0.15, 0.2) is 59.5 Å². The summed E-state index contributed by atoms with van der Waals surface area (Å²) in [6.45, 7) is 1.98. The molecule has 158 valence electrons. The first kappa shape index (κ1) is 19.0. The molecule has 9 heteroatoms. The first-order chi connectivity index (χ1) is 15.6. The summed E-state index contributed by atoms with van der Waals surface area (Å²) in [5.41, 5.74) is 11.2. The fourth-order valence-electron chi connectivity index (χ4n) is 4.10. The minimum Gasteiger partial charge on any atom is -0.491 e. The van der Waals surface area contributed by atoms with Crippen molar-refractivity contribution in [2.45, 2.75) is 6.54 Å². The third-order valence-electron chi connectivity index (χ3n) is 5.61. The molecule has 0 saturated heterocycles. The monoisotopic (exact) mass is 487 g/mol. The molecule has 0 fully saturated rings. The Bertz CT molecular complexity index is 1480. The van der Waals surface area contributed by atoms with Crippen molar-refractivity contribution < 1.29 is 4.74 Å². The van der Waals surface area contributed by atoms with Crippen molar-refractivity contribution in [2.75, 3.05) is 23.8 Å². The number of nitrogens with zero attached hydrogens (tertiary/aromatic N) is 5. The number of hydrogen-bond donors (Lipinski definition) is 2. The lowest BCUT2D eigenvalue weighted by Crippen LogP contribution is -2.26. The molecule has 5 aromatic rings. The van der Waals surface area contributed by atoms with E-state index in [1.54, 1.807) is 6.33 Å². The number of halogens is 1. The van der Waals surface area contributed by atoms with E-state index in [0.29, 0.717) is 24.7 Å². The van der Waals surface area contributed by atoms with Gasteiger partial charge in [-0.1, -0.05) is 22.0 Å². The van der Waals surface area contributed by atoms with E-state index in [-0.39, 0.29) is 0 Å². The zero-order valence-electron chi connectivity index (χ0n) is 16.9. The second kappa shape index (κ2) is 7.45. The summed E-state index contributed by atoms with van der Waals surface area (Å²) >= 11 is 3.57. The SMILES string of the molecule is Nc1nc2ncc(-c3ccc4c(c3)CN(c3ncnc5ccc(Br)cc35)CCO4)cc2[nH]1. The molecule has 0 atom stereocenters. The lowest BCUT2D eigenvalue weighted by molar-refractivity contribution is 0.331. The number of nitrogen functional groups attached to an aromatic ring is 1. The number of nitrogens with two attached hydrogens (primary N) is 1. The quantitative estimate of drug-likeness (QED) is 0.382. The van der Waals surface area contributed by atoms with Crippen molar-refractivity contribution in [2.24, 2.45) is 0 Å². The van der Waals surface area contributed by atoms with E-state index in [1.165, 1.54) is 0 Å². The number of nitrogens with one attached hydrogen (secondary N) is 1. The summed E-state index contributed by atoms with van der Waals surface area (Å²) in [4.78, 5) is 22.9. The molecule has 4 heterocycles. The van der Waals surface area contributed by atoms with Gasteiger partial charge < -0.3 is 20.4 Å². The molecule has 3 aromatic heterocycles. The van der Waals surface area contributed by atoms with Crippen LogP contribution in [0.2, 0.25) is 0 Å². The predicted molar refractivity (Wildman–Crippen MR) is 128 cm³/mol. The molecule has 1 aliphatic rings. The summed E-state index contributed by atoms with van der Waals surface area (Å²) in [7, 11) is 0. The Morgan fingerprint density at radius 2 is 1.97 bits per heavy atom. The minimum absolute atomic E-state index is 0.360. The van der Waals surface area contributed by atoms with E-state index in [2.05, 4.69) is 57.9 Å². The van der Waals surface area contributed by atoms with E-state index in [4.69, 9.17) is 10.5 Å². The molecule has 0 bridgehead atoms. The topological polar surface area (TPSA) is 106 Å². The Morgan fingerprint density at radius 3 is 2.91 bits per heavy atom. The number of ether oxygens (including phenoxy) is 1. The number of pyridine rings is 1. The number of anilines is 2. The Morgan fingerprint density at radius 1 is 1.03 bits per heavy atom. The fourth-order valence-corrected chi connectivity index (χ4v) is 4.46. The molecule has 6 rings (SSSR count). The van der Waals surface area contributed by atoms with Crippen molar-refractivity contribution in [3.63, 3.8) is 0 Å². The van der Waals surface area contributed by atoms with Gasteiger partial charge in [-0.25, -0.2) is 15.0 Å². The largest absolute Gasteiger partial charge is 0.491 e. The molecule has 0 spiro atoms. The van der Waals surface area contributed by atoms with Crippen LogP contribution in [0.25, 0.3) is 33.2 Å². The van der Waals surface area contributed by atoms with Gasteiger partial charge in [0, 0.05) is 33.7 Å². The van der Waals surface area contributed by atoms with Crippen LogP contribution in [0.5, 0.6) is 5.75 Å². The number of hydrogen-bond acceptors (Lipinski definition) is 7. The van der Waals surface area contributed by atoms with E-state index in [0.717, 1.165) is 55.7 Å². The Labute approximate surface area is 191 Å². The van der Waals surface area contributed by atoms with E-state index < -0.39 is 0 Å². The second-order valence-corrected chi connectivity index (χ2v) is 8.58. The highest BCUT2D eigenvalue weighted by atomic mass is 79.9. The predicted octanol–water partition coefficient (Wildman–Crippen LogP) is 4.31. The summed E-state index contributed by atoms with van der Waals surface area (Å²) in [5.74, 6) is 2.14. The molecule has 8 nitrogen and oxygen atoms in total. The second-order valence-electron chi connectivity index (χ2n) is 7.67. The lowest BCUT2D eigenvalue weighted by atomic mass is 10.0. The van der Waals surface area contributed by atoms with Crippen LogP contribution in [0.3, 0.4) is 0 Å². The van der Waals surface area contributed by atoms with Gasteiger partial charge in [0.25, 0.3) is 0 Å². The number of H-pyrrole nitrogens is 1. The van der Waals surface area contributed by atoms with Gasteiger partial charge in [0.15, 0.2) is 11.6 Å². The molecule has 0 aliphatic carbocycles. The standard InChI is InChI=1S/C23H18BrN7O/c24-16-2-3-18-17(9-16)22(28-12-27-18)31-5-6-32-20-4-1-13(7-15(20)11-31)14-8-19-21(26-10-14)30-23(25)29-19/h1-4,7-10,12H,5-6,11H2,(H3,25,26,29,30). The zero-order chi connectivity index (χ0) is 21.7. The maximum atomic E-state index is 6.06. The molecule has 0 radical (unpaired) electrons. The smallest absolute Gasteiger partial charge is 0.200 e. The van der Waals surface area contributed by atoms with Gasteiger partial charge in [-0.15, -0.1) is 0 Å². The number of rotatable bonds is 2. The van der Waals surface area contributed by atoms with Crippen molar-refractivity contribution in [1.82, 2.24) is 24.9 Å². The molecule has 0 amide bonds. The first-order valence-corrected chi connectivity index (χ1v) is 11.0. The molecule has 2 aromatic carbocycles. The van der Waals surface area contributed by atoms with Gasteiger partial charge in [-0.05, 0) is 42.0 Å². The van der Waals surface area contributed by atoms with Gasteiger partial charge in [0.2, 0.25) is 0 Å². The fraction of sp³-hybridized carbons (Fsp3) is 0.130. The molecular weight excluding hydrogens is 470 g/mol. The summed E-state index contributed by atoms with van der Waals surface area (Å²) in [6, 6.07) is 14.3. The van der Waals surface area contributed by atoms with Crippen LogP contribution >= 0.6 is 15.9 Å². The van der Waals surface area contributed by atoms with Crippen molar-refractivity contribution in [3.05, 3.63) is 65.0 Å². The summed E-state index contributed by atoms with van der Waals surface area (Å²) in [6.07, 6.45) is 3.43.